The second kappa shape index (κ2) is 6.27. The molecule has 0 aliphatic carbocycles. The van der Waals surface area contributed by atoms with Gasteiger partial charge in [0.05, 0.1) is 0 Å². The van der Waals surface area contributed by atoms with E-state index in [4.69, 9.17) is 4.74 Å². The summed E-state index contributed by atoms with van der Waals surface area (Å²) in [5.74, 6) is -0.491. The first-order valence-electron chi connectivity index (χ1n) is 8.74. The average Bonchev–Trinajstić information content (AvgIpc) is 2.78. The molecule has 0 spiro atoms. The summed E-state index contributed by atoms with van der Waals surface area (Å²) >= 11 is 0. The van der Waals surface area contributed by atoms with Crippen molar-refractivity contribution in [2.45, 2.75) is 70.0 Å². The van der Waals surface area contributed by atoms with Gasteiger partial charge in [-0.05, 0) is 50.3 Å². The van der Waals surface area contributed by atoms with Gasteiger partial charge in [-0.3, -0.25) is 0 Å². The van der Waals surface area contributed by atoms with Crippen molar-refractivity contribution in [1.82, 2.24) is 0 Å². The number of esters is 1. The molecule has 1 aromatic carbocycles. The molecule has 3 N–H and O–H groups in total. The number of β-amino-alcohol motifs (C(OH)–C–C–N with tert-alkyl or cyclic N) is 1. The molecule has 2 aliphatic heterocycles. The Balaban J connectivity index is 1.89. The van der Waals surface area contributed by atoms with Crippen LogP contribution < -0.4 is 4.90 Å². The van der Waals surface area contributed by atoms with Crippen LogP contribution >= 0.6 is 0 Å². The molecule has 6 nitrogen and oxygen atoms in total. The highest BCUT2D eigenvalue weighted by atomic mass is 16.6. The summed E-state index contributed by atoms with van der Waals surface area (Å²) in [5.41, 5.74) is 3.21. The van der Waals surface area contributed by atoms with Gasteiger partial charge in [-0.2, -0.15) is 0 Å². The van der Waals surface area contributed by atoms with Crippen LogP contribution in [0.3, 0.4) is 0 Å². The number of rotatable bonds is 3. The summed E-state index contributed by atoms with van der Waals surface area (Å²) in [6.45, 7) is 8.67. The van der Waals surface area contributed by atoms with Crippen LogP contribution in [0.1, 0.15) is 44.2 Å². The Bertz CT molecular complexity index is 674. The van der Waals surface area contributed by atoms with Crippen molar-refractivity contribution in [2.75, 3.05) is 11.4 Å². The van der Waals surface area contributed by atoms with Crippen molar-refractivity contribution in [2.24, 2.45) is 0 Å². The largest absolute Gasteiger partial charge is 0.455 e. The number of aliphatic hydroxyl groups excluding tert-OH is 3. The average molecular weight is 349 g/mol. The SMILES string of the molecule is Cc1ccc2c(c1)N(CC(O)C1OC(=O)C(O)C1O)C(C)(C)CC2C. The van der Waals surface area contributed by atoms with E-state index in [1.54, 1.807) is 0 Å². The highest BCUT2D eigenvalue weighted by molar-refractivity contribution is 5.77. The maximum Gasteiger partial charge on any atom is 0.338 e. The van der Waals surface area contributed by atoms with Crippen LogP contribution in [0.25, 0.3) is 0 Å². The number of carbonyl (C=O) groups is 1. The predicted octanol–water partition coefficient (Wildman–Crippen LogP) is 1.10. The third kappa shape index (κ3) is 3.14. The number of fused-ring (bicyclic) bond motifs is 1. The van der Waals surface area contributed by atoms with Crippen LogP contribution in [0, 0.1) is 6.92 Å². The second-order valence-corrected chi connectivity index (χ2v) is 7.99. The molecule has 138 valence electrons. The van der Waals surface area contributed by atoms with Gasteiger partial charge in [0.2, 0.25) is 0 Å². The first kappa shape index (κ1) is 18.2. The van der Waals surface area contributed by atoms with Crippen molar-refractivity contribution in [3.05, 3.63) is 29.3 Å². The van der Waals surface area contributed by atoms with E-state index in [-0.39, 0.29) is 12.1 Å². The molecule has 1 saturated heterocycles. The molecule has 0 saturated carbocycles. The monoisotopic (exact) mass is 349 g/mol. The number of anilines is 1. The topological polar surface area (TPSA) is 90.2 Å². The number of cyclic esters (lactones) is 1. The third-order valence-electron chi connectivity index (χ3n) is 5.45. The van der Waals surface area contributed by atoms with Crippen LogP contribution in [0.15, 0.2) is 18.2 Å². The first-order chi connectivity index (χ1) is 11.6. The molecule has 1 aromatic rings. The van der Waals surface area contributed by atoms with Crippen molar-refractivity contribution in [3.8, 4) is 0 Å². The van der Waals surface area contributed by atoms with E-state index in [0.29, 0.717) is 5.92 Å². The van der Waals surface area contributed by atoms with Gasteiger partial charge in [-0.25, -0.2) is 4.79 Å². The summed E-state index contributed by atoms with van der Waals surface area (Å²) in [5, 5.41) is 30.1. The van der Waals surface area contributed by atoms with Gasteiger partial charge in [0, 0.05) is 17.8 Å². The fraction of sp³-hybridized carbons (Fsp3) is 0.632. The Morgan fingerprint density at radius 1 is 1.36 bits per heavy atom. The summed E-state index contributed by atoms with van der Waals surface area (Å²) in [4.78, 5) is 13.6. The molecule has 0 aromatic heterocycles. The van der Waals surface area contributed by atoms with E-state index in [1.807, 2.05) is 6.92 Å². The molecule has 0 radical (unpaired) electrons. The molecule has 3 rings (SSSR count). The Morgan fingerprint density at radius 3 is 2.64 bits per heavy atom. The lowest BCUT2D eigenvalue weighted by atomic mass is 9.79. The molecule has 5 atom stereocenters. The summed E-state index contributed by atoms with van der Waals surface area (Å²) in [7, 11) is 0. The number of hydrogen-bond donors (Lipinski definition) is 3. The van der Waals surface area contributed by atoms with E-state index in [0.717, 1.165) is 17.7 Å². The van der Waals surface area contributed by atoms with Crippen molar-refractivity contribution in [3.63, 3.8) is 0 Å². The molecule has 0 bridgehead atoms. The molecule has 6 heteroatoms. The molecule has 1 fully saturated rings. The van der Waals surface area contributed by atoms with E-state index >= 15 is 0 Å². The fourth-order valence-corrected chi connectivity index (χ4v) is 4.13. The Labute approximate surface area is 148 Å². The number of benzene rings is 1. The number of nitrogens with zero attached hydrogens (tertiary/aromatic N) is 1. The smallest absolute Gasteiger partial charge is 0.338 e. The molecular formula is C19H27NO5. The first-order valence-corrected chi connectivity index (χ1v) is 8.74. The van der Waals surface area contributed by atoms with Crippen molar-refractivity contribution < 1.29 is 24.9 Å². The van der Waals surface area contributed by atoms with Crippen LogP contribution in [0.4, 0.5) is 5.69 Å². The van der Waals surface area contributed by atoms with E-state index in [9.17, 15) is 20.1 Å². The molecule has 5 unspecified atom stereocenters. The number of ether oxygens (including phenoxy) is 1. The lowest BCUT2D eigenvalue weighted by molar-refractivity contribution is -0.150. The quantitative estimate of drug-likeness (QED) is 0.708. The van der Waals surface area contributed by atoms with Crippen LogP contribution in [0.2, 0.25) is 0 Å². The minimum absolute atomic E-state index is 0.201. The van der Waals surface area contributed by atoms with Gasteiger partial charge in [-0.15, -0.1) is 0 Å². The van der Waals surface area contributed by atoms with Gasteiger partial charge >= 0.3 is 5.97 Å². The maximum absolute atomic E-state index is 11.4. The zero-order chi connectivity index (χ0) is 18.5. The number of hydrogen-bond acceptors (Lipinski definition) is 6. The van der Waals surface area contributed by atoms with Crippen LogP contribution in [-0.2, 0) is 9.53 Å². The normalized spacial score (nSPS) is 32.3. The van der Waals surface area contributed by atoms with Crippen molar-refractivity contribution >= 4 is 11.7 Å². The van der Waals surface area contributed by atoms with E-state index in [1.165, 1.54) is 5.56 Å². The summed E-state index contributed by atoms with van der Waals surface area (Å²) < 4.78 is 4.97. The number of aryl methyl sites for hydroxylation is 1. The Morgan fingerprint density at radius 2 is 2.04 bits per heavy atom. The number of aliphatic hydroxyl groups is 3. The highest BCUT2D eigenvalue weighted by Gasteiger charge is 2.47. The zero-order valence-electron chi connectivity index (χ0n) is 15.1. The zero-order valence-corrected chi connectivity index (χ0v) is 15.1. The molecule has 25 heavy (non-hydrogen) atoms. The molecular weight excluding hydrogens is 322 g/mol. The van der Waals surface area contributed by atoms with E-state index < -0.39 is 30.4 Å². The molecule has 2 heterocycles. The van der Waals surface area contributed by atoms with Gasteiger partial charge in [0.25, 0.3) is 0 Å². The van der Waals surface area contributed by atoms with Gasteiger partial charge in [-0.1, -0.05) is 19.1 Å². The van der Waals surface area contributed by atoms with Crippen molar-refractivity contribution in [1.29, 1.82) is 0 Å². The van der Waals surface area contributed by atoms with Gasteiger partial charge in [0.15, 0.2) is 12.2 Å². The maximum atomic E-state index is 11.4. The lowest BCUT2D eigenvalue weighted by Gasteiger charge is -2.48. The second-order valence-electron chi connectivity index (χ2n) is 7.99. The lowest BCUT2D eigenvalue weighted by Crippen LogP contribution is -2.54. The minimum atomic E-state index is -1.59. The highest BCUT2D eigenvalue weighted by Crippen LogP contribution is 2.43. The minimum Gasteiger partial charge on any atom is -0.455 e. The molecule has 0 amide bonds. The predicted molar refractivity (Wildman–Crippen MR) is 93.5 cm³/mol. The van der Waals surface area contributed by atoms with Crippen LogP contribution in [-0.4, -0.2) is 57.8 Å². The Hall–Kier alpha value is -1.63. The van der Waals surface area contributed by atoms with E-state index in [2.05, 4.69) is 43.9 Å². The third-order valence-corrected chi connectivity index (χ3v) is 5.45. The van der Waals surface area contributed by atoms with Crippen LogP contribution in [0.5, 0.6) is 0 Å². The Kier molecular flexibility index (Phi) is 4.56. The van der Waals surface area contributed by atoms with Gasteiger partial charge < -0.3 is 25.0 Å². The summed E-state index contributed by atoms with van der Waals surface area (Å²) in [6.07, 6.45) is -4.30. The molecule has 2 aliphatic rings. The summed E-state index contributed by atoms with van der Waals surface area (Å²) in [6, 6.07) is 6.31. The standard InChI is InChI=1S/C19H27NO5/c1-10-5-6-12-11(2)8-19(3,4)20(13(12)7-10)9-14(21)17-15(22)16(23)18(24)25-17/h5-7,11,14-17,21-23H,8-9H2,1-4H3. The number of carbonyl (C=O) groups excluding carboxylic acids is 1. The fourth-order valence-electron chi connectivity index (χ4n) is 4.13. The van der Waals surface area contributed by atoms with Gasteiger partial charge in [0.1, 0.15) is 12.2 Å².